The van der Waals surface area contributed by atoms with Crippen LogP contribution in [0.1, 0.15) is 5.56 Å². The Balaban J connectivity index is 1.84. The van der Waals surface area contributed by atoms with Gasteiger partial charge in [-0.25, -0.2) is 0 Å². The molecular weight excluding hydrogens is 298 g/mol. The first-order valence-corrected chi connectivity index (χ1v) is 8.32. The van der Waals surface area contributed by atoms with E-state index in [-0.39, 0.29) is 5.03 Å². The van der Waals surface area contributed by atoms with E-state index in [0.717, 1.165) is 11.1 Å². The molecule has 0 radical (unpaired) electrons. The lowest BCUT2D eigenvalue weighted by atomic mass is 10.1. The molecule has 2 heterocycles. The number of fused-ring (bicyclic) bond motifs is 1. The number of aromatic amines is 1. The molecule has 0 spiro atoms. The van der Waals surface area contributed by atoms with E-state index in [1.807, 2.05) is 48.5 Å². The van der Waals surface area contributed by atoms with Gasteiger partial charge in [0.05, 0.1) is 17.9 Å². The van der Waals surface area contributed by atoms with Crippen LogP contribution in [0.25, 0.3) is 11.3 Å². The summed E-state index contributed by atoms with van der Waals surface area (Å²) in [6.45, 7) is 0.294. The van der Waals surface area contributed by atoms with Crippen LogP contribution in [0.3, 0.4) is 0 Å². The van der Waals surface area contributed by atoms with E-state index < -0.39 is 10.0 Å². The van der Waals surface area contributed by atoms with Crippen LogP contribution in [-0.4, -0.2) is 18.6 Å². The molecule has 0 bridgehead atoms. The summed E-state index contributed by atoms with van der Waals surface area (Å²) in [5.41, 5.74) is 2.98. The molecular formula is C16H13N3O2S. The van der Waals surface area contributed by atoms with Gasteiger partial charge in [0.15, 0.2) is 5.03 Å². The van der Waals surface area contributed by atoms with Gasteiger partial charge in [-0.1, -0.05) is 48.5 Å². The fourth-order valence-electron chi connectivity index (χ4n) is 2.71. The van der Waals surface area contributed by atoms with Crippen molar-refractivity contribution in [3.63, 3.8) is 0 Å². The first kappa shape index (κ1) is 13.1. The summed E-state index contributed by atoms with van der Waals surface area (Å²) in [4.78, 5) is 0. The minimum absolute atomic E-state index is 0.190. The summed E-state index contributed by atoms with van der Waals surface area (Å²) in [6.07, 6.45) is 0. The van der Waals surface area contributed by atoms with Crippen molar-refractivity contribution < 1.29 is 8.42 Å². The van der Waals surface area contributed by atoms with Crippen LogP contribution in [0.5, 0.6) is 0 Å². The van der Waals surface area contributed by atoms with E-state index in [2.05, 4.69) is 10.2 Å². The molecule has 1 N–H and O–H groups in total. The summed E-state index contributed by atoms with van der Waals surface area (Å²) in [6, 6.07) is 18.7. The summed E-state index contributed by atoms with van der Waals surface area (Å²) >= 11 is 0. The van der Waals surface area contributed by atoms with Crippen molar-refractivity contribution in [3.05, 3.63) is 66.2 Å². The van der Waals surface area contributed by atoms with Crippen molar-refractivity contribution in [1.29, 1.82) is 0 Å². The molecule has 0 saturated heterocycles. The number of H-pyrrole nitrogens is 1. The van der Waals surface area contributed by atoms with Crippen LogP contribution >= 0.6 is 0 Å². The third-order valence-corrected chi connectivity index (χ3v) is 5.54. The fraction of sp³-hybridized carbons (Fsp3) is 0.0625. The molecule has 0 saturated carbocycles. The summed E-state index contributed by atoms with van der Waals surface area (Å²) in [5, 5.41) is 7.09. The number of benzene rings is 2. The molecule has 5 nitrogen and oxygen atoms in total. The first-order valence-electron chi connectivity index (χ1n) is 6.88. The molecule has 2 aromatic carbocycles. The average molecular weight is 311 g/mol. The Morgan fingerprint density at radius 2 is 1.59 bits per heavy atom. The molecule has 0 amide bonds. The predicted molar refractivity (Wildman–Crippen MR) is 83.8 cm³/mol. The number of hydrogen-bond acceptors (Lipinski definition) is 3. The standard InChI is InChI=1S/C16H13N3O2S/c20-22(21)16-14(11-19(22)13-9-5-2-6-10-13)15(17-18-16)12-7-3-1-4-8-12/h1-10H,11H2,(H,17,18). The highest BCUT2D eigenvalue weighted by Crippen LogP contribution is 2.37. The number of nitrogens with one attached hydrogen (secondary N) is 1. The van der Waals surface area contributed by atoms with E-state index in [4.69, 9.17) is 0 Å². The summed E-state index contributed by atoms with van der Waals surface area (Å²) in [5.74, 6) is 0. The van der Waals surface area contributed by atoms with Gasteiger partial charge in [0.1, 0.15) is 0 Å². The smallest absolute Gasteiger partial charge is 0.265 e. The second-order valence-corrected chi connectivity index (χ2v) is 6.89. The number of sulfonamides is 1. The van der Waals surface area contributed by atoms with Crippen molar-refractivity contribution >= 4 is 15.7 Å². The highest BCUT2D eigenvalue weighted by Gasteiger charge is 2.39. The lowest BCUT2D eigenvalue weighted by Crippen LogP contribution is -2.24. The average Bonchev–Trinajstić information content (AvgIpc) is 3.08. The fourth-order valence-corrected chi connectivity index (χ4v) is 4.26. The normalized spacial score (nSPS) is 15.7. The number of aromatic nitrogens is 2. The quantitative estimate of drug-likeness (QED) is 0.791. The third-order valence-electron chi connectivity index (χ3n) is 3.77. The SMILES string of the molecule is O=S1(=O)c2[nH]nc(-c3ccccc3)c2CN1c1ccccc1. The Hall–Kier alpha value is -2.60. The Morgan fingerprint density at radius 1 is 0.955 bits per heavy atom. The molecule has 110 valence electrons. The molecule has 0 aliphatic carbocycles. The second-order valence-electron chi connectivity index (χ2n) is 5.09. The van der Waals surface area contributed by atoms with Gasteiger partial charge in [-0.2, -0.15) is 13.5 Å². The van der Waals surface area contributed by atoms with Crippen molar-refractivity contribution in [2.24, 2.45) is 0 Å². The molecule has 4 rings (SSSR count). The molecule has 22 heavy (non-hydrogen) atoms. The maximum atomic E-state index is 12.7. The number of para-hydroxylation sites is 1. The van der Waals surface area contributed by atoms with E-state index in [1.54, 1.807) is 12.1 Å². The van der Waals surface area contributed by atoms with E-state index in [9.17, 15) is 8.42 Å². The lowest BCUT2D eigenvalue weighted by Gasteiger charge is -2.16. The van der Waals surface area contributed by atoms with Gasteiger partial charge in [0.2, 0.25) is 0 Å². The van der Waals surface area contributed by atoms with Gasteiger partial charge in [0.25, 0.3) is 10.0 Å². The van der Waals surface area contributed by atoms with Crippen LogP contribution in [0.4, 0.5) is 5.69 Å². The minimum atomic E-state index is -3.57. The highest BCUT2D eigenvalue weighted by atomic mass is 32.2. The third kappa shape index (κ3) is 1.84. The lowest BCUT2D eigenvalue weighted by molar-refractivity contribution is 0.592. The largest absolute Gasteiger partial charge is 0.281 e. The zero-order chi connectivity index (χ0) is 15.2. The molecule has 1 aromatic heterocycles. The first-order chi connectivity index (χ1) is 10.7. The monoisotopic (exact) mass is 311 g/mol. The van der Waals surface area contributed by atoms with Crippen molar-refractivity contribution in [1.82, 2.24) is 10.2 Å². The van der Waals surface area contributed by atoms with Crippen LogP contribution < -0.4 is 4.31 Å². The van der Waals surface area contributed by atoms with Crippen molar-refractivity contribution in [2.45, 2.75) is 11.6 Å². The Bertz CT molecular complexity index is 919. The predicted octanol–water partition coefficient (Wildman–Crippen LogP) is 2.79. The minimum Gasteiger partial charge on any atom is -0.265 e. The molecule has 0 atom stereocenters. The zero-order valence-electron chi connectivity index (χ0n) is 11.6. The molecule has 1 aliphatic heterocycles. The van der Waals surface area contributed by atoms with Gasteiger partial charge in [-0.15, -0.1) is 0 Å². The zero-order valence-corrected chi connectivity index (χ0v) is 12.4. The number of rotatable bonds is 2. The van der Waals surface area contributed by atoms with Gasteiger partial charge in [-0.3, -0.25) is 9.40 Å². The van der Waals surface area contributed by atoms with E-state index >= 15 is 0 Å². The van der Waals surface area contributed by atoms with Crippen molar-refractivity contribution in [2.75, 3.05) is 4.31 Å². The van der Waals surface area contributed by atoms with Gasteiger partial charge < -0.3 is 0 Å². The van der Waals surface area contributed by atoms with Crippen LogP contribution in [0.15, 0.2) is 65.7 Å². The number of hydrogen-bond donors (Lipinski definition) is 1. The molecule has 0 unspecified atom stereocenters. The summed E-state index contributed by atoms with van der Waals surface area (Å²) in [7, 11) is -3.57. The van der Waals surface area contributed by atoms with Crippen LogP contribution in [0, 0.1) is 0 Å². The van der Waals surface area contributed by atoms with E-state index in [1.165, 1.54) is 4.31 Å². The molecule has 6 heteroatoms. The molecule has 0 fully saturated rings. The maximum Gasteiger partial charge on any atom is 0.281 e. The maximum absolute atomic E-state index is 12.7. The topological polar surface area (TPSA) is 66.1 Å². The van der Waals surface area contributed by atoms with Gasteiger partial charge in [-0.05, 0) is 12.1 Å². The Kier molecular flexibility index (Phi) is 2.80. The van der Waals surface area contributed by atoms with Crippen LogP contribution in [-0.2, 0) is 16.6 Å². The van der Waals surface area contributed by atoms with Crippen LogP contribution in [0.2, 0.25) is 0 Å². The van der Waals surface area contributed by atoms with Gasteiger partial charge >= 0.3 is 0 Å². The second kappa shape index (κ2) is 4.71. The summed E-state index contributed by atoms with van der Waals surface area (Å²) < 4.78 is 26.8. The highest BCUT2D eigenvalue weighted by molar-refractivity contribution is 7.93. The van der Waals surface area contributed by atoms with Gasteiger partial charge in [0, 0.05) is 11.1 Å². The van der Waals surface area contributed by atoms with E-state index in [0.29, 0.717) is 17.9 Å². The van der Waals surface area contributed by atoms with Crippen molar-refractivity contribution in [3.8, 4) is 11.3 Å². The molecule has 3 aromatic rings. The molecule has 1 aliphatic rings. The Labute approximate surface area is 128 Å². The number of nitrogens with zero attached hydrogens (tertiary/aromatic N) is 2. The Morgan fingerprint density at radius 3 is 2.27 bits per heavy atom. The number of anilines is 1.